The summed E-state index contributed by atoms with van der Waals surface area (Å²) in [6.07, 6.45) is 1.83. The van der Waals surface area contributed by atoms with Gasteiger partial charge in [-0.3, -0.25) is 4.79 Å². The molecule has 2 fully saturated rings. The van der Waals surface area contributed by atoms with Gasteiger partial charge in [-0.2, -0.15) is 0 Å². The quantitative estimate of drug-likeness (QED) is 0.885. The van der Waals surface area contributed by atoms with Crippen LogP contribution in [0.15, 0.2) is 54.6 Å². The van der Waals surface area contributed by atoms with Crippen LogP contribution in [-0.2, 0) is 11.2 Å². The van der Waals surface area contributed by atoms with Crippen LogP contribution in [0.5, 0.6) is 5.75 Å². The zero-order valence-corrected chi connectivity index (χ0v) is 15.7. The second-order valence-electron chi connectivity index (χ2n) is 7.55. The number of piperidine rings is 1. The number of amides is 2. The minimum Gasteiger partial charge on any atom is -0.508 e. The molecular formula is C22H24N2O4. The molecule has 2 amide bonds. The summed E-state index contributed by atoms with van der Waals surface area (Å²) in [6.45, 7) is 2.33. The van der Waals surface area contributed by atoms with Crippen LogP contribution in [-0.4, -0.2) is 58.7 Å². The number of benzene rings is 2. The first-order chi connectivity index (χ1) is 13.5. The molecule has 0 unspecified atom stereocenters. The number of hydrogen-bond acceptors (Lipinski definition) is 4. The predicted octanol–water partition coefficient (Wildman–Crippen LogP) is 3.06. The average Bonchev–Trinajstić information content (AvgIpc) is 3.02. The van der Waals surface area contributed by atoms with Crippen molar-refractivity contribution < 1.29 is 19.4 Å². The van der Waals surface area contributed by atoms with Gasteiger partial charge in [-0.05, 0) is 36.2 Å². The monoisotopic (exact) mass is 380 g/mol. The van der Waals surface area contributed by atoms with E-state index in [1.807, 2.05) is 18.2 Å². The Balaban J connectivity index is 1.33. The zero-order valence-electron chi connectivity index (χ0n) is 15.7. The Hall–Kier alpha value is -3.02. The average molecular weight is 380 g/mol. The molecule has 2 saturated heterocycles. The fourth-order valence-corrected chi connectivity index (χ4v) is 3.94. The second-order valence-corrected chi connectivity index (χ2v) is 7.55. The van der Waals surface area contributed by atoms with Gasteiger partial charge in [0.05, 0.1) is 6.54 Å². The van der Waals surface area contributed by atoms with Gasteiger partial charge in [0.15, 0.2) is 0 Å². The number of likely N-dealkylation sites (tertiary alicyclic amines) is 1. The molecular weight excluding hydrogens is 356 g/mol. The summed E-state index contributed by atoms with van der Waals surface area (Å²) in [4.78, 5) is 28.5. The third-order valence-electron chi connectivity index (χ3n) is 5.63. The highest BCUT2D eigenvalue weighted by Crippen LogP contribution is 2.33. The minimum absolute atomic E-state index is 0.0555. The Kier molecular flexibility index (Phi) is 4.94. The van der Waals surface area contributed by atoms with Crippen molar-refractivity contribution in [3.05, 3.63) is 65.7 Å². The van der Waals surface area contributed by atoms with Gasteiger partial charge >= 0.3 is 6.09 Å². The van der Waals surface area contributed by atoms with Gasteiger partial charge in [0.2, 0.25) is 0 Å². The first-order valence-corrected chi connectivity index (χ1v) is 9.65. The Morgan fingerprint density at radius 3 is 2.39 bits per heavy atom. The third kappa shape index (κ3) is 3.81. The molecule has 2 aliphatic heterocycles. The highest BCUT2D eigenvalue weighted by molar-refractivity contribution is 5.94. The molecule has 2 aliphatic rings. The molecule has 1 spiro atoms. The van der Waals surface area contributed by atoms with E-state index in [1.165, 1.54) is 17.7 Å². The van der Waals surface area contributed by atoms with Crippen LogP contribution in [0.3, 0.4) is 0 Å². The first kappa shape index (κ1) is 18.3. The van der Waals surface area contributed by atoms with E-state index >= 15 is 0 Å². The van der Waals surface area contributed by atoms with E-state index < -0.39 is 5.60 Å². The Morgan fingerprint density at radius 1 is 1.04 bits per heavy atom. The maximum absolute atomic E-state index is 12.6. The number of phenolic OH excluding ortho intramolecular Hbond substituents is 1. The fraction of sp³-hybridized carbons (Fsp3) is 0.364. The summed E-state index contributed by atoms with van der Waals surface area (Å²) < 4.78 is 5.76. The lowest BCUT2D eigenvalue weighted by Crippen LogP contribution is -2.48. The van der Waals surface area contributed by atoms with Crippen molar-refractivity contribution in [2.24, 2.45) is 0 Å². The molecule has 4 rings (SSSR count). The number of carbonyl (C=O) groups is 2. The molecule has 1 N–H and O–H groups in total. The minimum atomic E-state index is -0.487. The van der Waals surface area contributed by atoms with Crippen molar-refractivity contribution in [3.63, 3.8) is 0 Å². The van der Waals surface area contributed by atoms with E-state index in [1.54, 1.807) is 21.9 Å². The summed E-state index contributed by atoms with van der Waals surface area (Å²) in [6, 6.07) is 16.4. The molecule has 2 aromatic carbocycles. The molecule has 2 aromatic rings. The topological polar surface area (TPSA) is 70.1 Å². The number of carbonyl (C=O) groups excluding carboxylic acids is 2. The van der Waals surface area contributed by atoms with Crippen molar-refractivity contribution in [2.45, 2.75) is 24.9 Å². The van der Waals surface area contributed by atoms with Gasteiger partial charge in [0, 0.05) is 38.0 Å². The Morgan fingerprint density at radius 2 is 1.71 bits per heavy atom. The van der Waals surface area contributed by atoms with Crippen LogP contribution >= 0.6 is 0 Å². The van der Waals surface area contributed by atoms with Gasteiger partial charge in [-0.25, -0.2) is 4.79 Å². The van der Waals surface area contributed by atoms with Crippen LogP contribution in [0, 0.1) is 0 Å². The lowest BCUT2D eigenvalue weighted by atomic mass is 9.91. The highest BCUT2D eigenvalue weighted by atomic mass is 16.6. The number of phenols is 1. The van der Waals surface area contributed by atoms with E-state index in [0.717, 1.165) is 6.42 Å². The Labute approximate surface area is 164 Å². The van der Waals surface area contributed by atoms with Crippen LogP contribution in [0.4, 0.5) is 4.79 Å². The zero-order chi connectivity index (χ0) is 19.6. The molecule has 0 bridgehead atoms. The summed E-state index contributed by atoms with van der Waals surface area (Å²) in [5, 5.41) is 9.38. The van der Waals surface area contributed by atoms with Crippen molar-refractivity contribution in [3.8, 4) is 5.75 Å². The summed E-state index contributed by atoms with van der Waals surface area (Å²) in [7, 11) is 0. The lowest BCUT2D eigenvalue weighted by molar-refractivity contribution is 0.00314. The van der Waals surface area contributed by atoms with Crippen molar-refractivity contribution in [2.75, 3.05) is 26.2 Å². The normalized spacial score (nSPS) is 18.4. The summed E-state index contributed by atoms with van der Waals surface area (Å²) >= 11 is 0. The van der Waals surface area contributed by atoms with Crippen LogP contribution in [0.25, 0.3) is 0 Å². The van der Waals surface area contributed by atoms with Gasteiger partial charge in [0.25, 0.3) is 5.91 Å². The van der Waals surface area contributed by atoms with Crippen molar-refractivity contribution in [1.29, 1.82) is 0 Å². The smallest absolute Gasteiger partial charge is 0.410 e. The molecule has 6 heteroatoms. The third-order valence-corrected chi connectivity index (χ3v) is 5.63. The first-order valence-electron chi connectivity index (χ1n) is 9.65. The maximum Gasteiger partial charge on any atom is 0.410 e. The molecule has 6 nitrogen and oxygen atoms in total. The number of aromatic hydroxyl groups is 1. The number of ether oxygens (including phenoxy) is 1. The standard InChI is InChI=1S/C22H24N2O4/c25-19-8-6-18(7-9-19)20(26)23-14-11-22(12-15-23)16-24(21(27)28-22)13-10-17-4-2-1-3-5-17/h1-9,25H,10-16H2. The summed E-state index contributed by atoms with van der Waals surface area (Å²) in [5.74, 6) is 0.0858. The molecule has 146 valence electrons. The van der Waals surface area contributed by atoms with E-state index in [4.69, 9.17) is 4.74 Å². The molecule has 0 radical (unpaired) electrons. The SMILES string of the molecule is O=C1OC2(CCN(C(=O)c3ccc(O)cc3)CC2)CN1CCc1ccccc1. The molecule has 0 aliphatic carbocycles. The largest absolute Gasteiger partial charge is 0.508 e. The van der Waals surface area contributed by atoms with Crippen molar-refractivity contribution in [1.82, 2.24) is 9.80 Å². The van der Waals surface area contributed by atoms with Gasteiger partial charge in [-0.15, -0.1) is 0 Å². The molecule has 0 saturated carbocycles. The van der Waals surface area contributed by atoms with Crippen LogP contribution in [0.2, 0.25) is 0 Å². The molecule has 0 aromatic heterocycles. The molecule has 0 atom stereocenters. The van der Waals surface area contributed by atoms with Crippen LogP contribution < -0.4 is 0 Å². The van der Waals surface area contributed by atoms with Gasteiger partial charge in [-0.1, -0.05) is 30.3 Å². The van der Waals surface area contributed by atoms with E-state index in [9.17, 15) is 14.7 Å². The van der Waals surface area contributed by atoms with E-state index in [2.05, 4.69) is 12.1 Å². The predicted molar refractivity (Wildman–Crippen MR) is 104 cm³/mol. The Bertz CT molecular complexity index is 843. The number of rotatable bonds is 4. The lowest BCUT2D eigenvalue weighted by Gasteiger charge is -2.37. The summed E-state index contributed by atoms with van der Waals surface area (Å²) in [5.41, 5.74) is 1.27. The fourth-order valence-electron chi connectivity index (χ4n) is 3.94. The van der Waals surface area contributed by atoms with Gasteiger partial charge < -0.3 is 19.6 Å². The number of hydrogen-bond donors (Lipinski definition) is 1. The maximum atomic E-state index is 12.6. The number of nitrogens with zero attached hydrogens (tertiary/aromatic N) is 2. The highest BCUT2D eigenvalue weighted by Gasteiger charge is 2.47. The molecule has 28 heavy (non-hydrogen) atoms. The second kappa shape index (κ2) is 7.54. The molecule has 2 heterocycles. The van der Waals surface area contributed by atoms with Crippen molar-refractivity contribution >= 4 is 12.0 Å². The van der Waals surface area contributed by atoms with E-state index in [0.29, 0.717) is 44.6 Å². The van der Waals surface area contributed by atoms with Crippen LogP contribution in [0.1, 0.15) is 28.8 Å². The van der Waals surface area contributed by atoms with E-state index in [-0.39, 0.29) is 17.7 Å². The van der Waals surface area contributed by atoms with Gasteiger partial charge in [0.1, 0.15) is 11.4 Å².